The Morgan fingerprint density at radius 1 is 1.15 bits per heavy atom. The lowest BCUT2D eigenvalue weighted by Crippen LogP contribution is -2.31. The zero-order valence-corrected chi connectivity index (χ0v) is 15.2. The van der Waals surface area contributed by atoms with E-state index in [4.69, 9.17) is 11.6 Å². The SMILES string of the molecule is Cc1cnccc1N1CCCN(Cc2ncc(C(F)(F)F)cc2Cl)CC1. The molecule has 1 aliphatic heterocycles. The van der Waals surface area contributed by atoms with E-state index in [9.17, 15) is 13.2 Å². The lowest BCUT2D eigenvalue weighted by atomic mass is 10.2. The fourth-order valence-electron chi connectivity index (χ4n) is 3.14. The van der Waals surface area contributed by atoms with E-state index in [0.29, 0.717) is 12.2 Å². The molecular formula is C18H20ClF3N4. The van der Waals surface area contributed by atoms with Crippen molar-refractivity contribution in [2.75, 3.05) is 31.1 Å². The van der Waals surface area contributed by atoms with Crippen molar-refractivity contribution in [2.45, 2.75) is 26.1 Å². The number of aromatic nitrogens is 2. The van der Waals surface area contributed by atoms with Crippen molar-refractivity contribution in [3.8, 4) is 0 Å². The van der Waals surface area contributed by atoms with Gasteiger partial charge < -0.3 is 4.90 Å². The molecule has 0 spiro atoms. The number of rotatable bonds is 3. The van der Waals surface area contributed by atoms with Gasteiger partial charge >= 0.3 is 6.18 Å². The second-order valence-corrected chi connectivity index (χ2v) is 6.84. The lowest BCUT2D eigenvalue weighted by molar-refractivity contribution is -0.137. The predicted octanol–water partition coefficient (Wildman–Crippen LogP) is 4.17. The number of alkyl halides is 3. The maximum Gasteiger partial charge on any atom is 0.417 e. The number of halogens is 4. The first-order chi connectivity index (χ1) is 12.3. The van der Waals surface area contributed by atoms with Gasteiger partial charge in [0.2, 0.25) is 0 Å². The maximum absolute atomic E-state index is 12.7. The van der Waals surface area contributed by atoms with E-state index in [2.05, 4.69) is 19.8 Å². The summed E-state index contributed by atoms with van der Waals surface area (Å²) < 4.78 is 38.2. The molecule has 0 N–H and O–H groups in total. The predicted molar refractivity (Wildman–Crippen MR) is 95.3 cm³/mol. The summed E-state index contributed by atoms with van der Waals surface area (Å²) in [5.74, 6) is 0. The largest absolute Gasteiger partial charge is 0.417 e. The number of hydrogen-bond acceptors (Lipinski definition) is 4. The van der Waals surface area contributed by atoms with Crippen LogP contribution >= 0.6 is 11.6 Å². The molecule has 0 aromatic carbocycles. The van der Waals surface area contributed by atoms with Crippen molar-refractivity contribution in [3.63, 3.8) is 0 Å². The average Bonchev–Trinajstić information content (AvgIpc) is 2.82. The Kier molecular flexibility index (Phi) is 5.67. The van der Waals surface area contributed by atoms with Gasteiger partial charge in [-0.25, -0.2) is 0 Å². The zero-order valence-electron chi connectivity index (χ0n) is 14.4. The minimum Gasteiger partial charge on any atom is -0.370 e. The summed E-state index contributed by atoms with van der Waals surface area (Å²) in [6.45, 7) is 5.89. The Hall–Kier alpha value is -1.86. The van der Waals surface area contributed by atoms with Crippen molar-refractivity contribution in [2.24, 2.45) is 0 Å². The molecule has 0 saturated carbocycles. The van der Waals surface area contributed by atoms with Gasteiger partial charge in [0.05, 0.1) is 16.3 Å². The molecule has 4 nitrogen and oxygen atoms in total. The van der Waals surface area contributed by atoms with Gasteiger partial charge in [-0.15, -0.1) is 0 Å². The van der Waals surface area contributed by atoms with Gasteiger partial charge in [0, 0.05) is 57.0 Å². The Morgan fingerprint density at radius 3 is 2.65 bits per heavy atom. The molecule has 140 valence electrons. The summed E-state index contributed by atoms with van der Waals surface area (Å²) in [6, 6.07) is 2.97. The number of aryl methyl sites for hydroxylation is 1. The standard InChI is InChI=1S/C18H20ClF3N4/c1-13-10-23-4-3-17(13)26-6-2-5-25(7-8-26)12-16-15(19)9-14(11-24-16)18(20,21)22/h3-4,9-11H,2,5-8,12H2,1H3. The van der Waals surface area contributed by atoms with Gasteiger partial charge in [0.25, 0.3) is 0 Å². The fourth-order valence-corrected chi connectivity index (χ4v) is 3.37. The second-order valence-electron chi connectivity index (χ2n) is 6.43. The summed E-state index contributed by atoms with van der Waals surface area (Å²) in [6.07, 6.45) is 1.02. The highest BCUT2D eigenvalue weighted by molar-refractivity contribution is 6.31. The molecule has 3 heterocycles. The summed E-state index contributed by atoms with van der Waals surface area (Å²) in [5, 5.41) is 0.0610. The normalized spacial score (nSPS) is 16.6. The molecule has 26 heavy (non-hydrogen) atoms. The van der Waals surface area contributed by atoms with Gasteiger partial charge in [0.15, 0.2) is 0 Å². The molecule has 3 rings (SSSR count). The molecule has 1 aliphatic rings. The van der Waals surface area contributed by atoms with Crippen molar-refractivity contribution in [3.05, 3.63) is 52.6 Å². The van der Waals surface area contributed by atoms with Crippen LogP contribution in [0.2, 0.25) is 5.02 Å². The van der Waals surface area contributed by atoms with Crippen LogP contribution < -0.4 is 4.90 Å². The summed E-state index contributed by atoms with van der Waals surface area (Å²) in [5.41, 5.74) is 1.97. The van der Waals surface area contributed by atoms with E-state index in [1.165, 1.54) is 5.69 Å². The van der Waals surface area contributed by atoms with Gasteiger partial charge in [0.1, 0.15) is 0 Å². The van der Waals surface area contributed by atoms with E-state index in [0.717, 1.165) is 50.4 Å². The lowest BCUT2D eigenvalue weighted by Gasteiger charge is -2.25. The molecule has 2 aromatic heterocycles. The minimum atomic E-state index is -4.43. The van der Waals surface area contributed by atoms with Crippen LogP contribution in [0.4, 0.5) is 18.9 Å². The van der Waals surface area contributed by atoms with Gasteiger partial charge in [-0.3, -0.25) is 14.9 Å². The number of pyridine rings is 2. The fraction of sp³-hybridized carbons (Fsp3) is 0.444. The van der Waals surface area contributed by atoms with Crippen LogP contribution in [-0.2, 0) is 12.7 Å². The molecule has 0 aliphatic carbocycles. The first-order valence-corrected chi connectivity index (χ1v) is 8.82. The maximum atomic E-state index is 12.7. The summed E-state index contributed by atoms with van der Waals surface area (Å²) in [7, 11) is 0. The van der Waals surface area contributed by atoms with Crippen molar-refractivity contribution in [1.82, 2.24) is 14.9 Å². The molecule has 0 unspecified atom stereocenters. The van der Waals surface area contributed by atoms with Gasteiger partial charge in [-0.1, -0.05) is 11.6 Å². The third-order valence-corrected chi connectivity index (χ3v) is 4.87. The monoisotopic (exact) mass is 384 g/mol. The van der Waals surface area contributed by atoms with E-state index in [1.807, 2.05) is 19.2 Å². The van der Waals surface area contributed by atoms with Crippen LogP contribution in [0.3, 0.4) is 0 Å². The molecular weight excluding hydrogens is 365 g/mol. The van der Waals surface area contributed by atoms with Crippen LogP contribution in [0.25, 0.3) is 0 Å². The van der Waals surface area contributed by atoms with Crippen LogP contribution in [-0.4, -0.2) is 41.0 Å². The highest BCUT2D eigenvalue weighted by Gasteiger charge is 2.31. The third kappa shape index (κ3) is 4.45. The molecule has 0 atom stereocenters. The Balaban J connectivity index is 1.66. The first kappa shape index (κ1) is 18.9. The van der Waals surface area contributed by atoms with Crippen LogP contribution in [0.5, 0.6) is 0 Å². The minimum absolute atomic E-state index is 0.0610. The van der Waals surface area contributed by atoms with E-state index >= 15 is 0 Å². The van der Waals surface area contributed by atoms with Crippen LogP contribution in [0, 0.1) is 6.92 Å². The second kappa shape index (κ2) is 7.80. The van der Waals surface area contributed by atoms with Crippen LogP contribution in [0.1, 0.15) is 23.2 Å². The average molecular weight is 385 g/mol. The molecule has 0 radical (unpaired) electrons. The highest BCUT2D eigenvalue weighted by Crippen LogP contribution is 2.31. The third-order valence-electron chi connectivity index (χ3n) is 4.54. The van der Waals surface area contributed by atoms with Crippen molar-refractivity contribution >= 4 is 17.3 Å². The number of anilines is 1. The smallest absolute Gasteiger partial charge is 0.370 e. The van der Waals surface area contributed by atoms with Crippen LogP contribution in [0.15, 0.2) is 30.7 Å². The highest BCUT2D eigenvalue weighted by atomic mass is 35.5. The summed E-state index contributed by atoms with van der Waals surface area (Å²) in [4.78, 5) is 12.6. The summed E-state index contributed by atoms with van der Waals surface area (Å²) >= 11 is 6.03. The Bertz CT molecular complexity index is 766. The topological polar surface area (TPSA) is 32.3 Å². The zero-order chi connectivity index (χ0) is 18.7. The molecule has 8 heteroatoms. The van der Waals surface area contributed by atoms with Gasteiger partial charge in [-0.2, -0.15) is 13.2 Å². The van der Waals surface area contributed by atoms with E-state index in [1.54, 1.807) is 6.20 Å². The Labute approximate surface area is 155 Å². The number of nitrogens with zero attached hydrogens (tertiary/aromatic N) is 4. The first-order valence-electron chi connectivity index (χ1n) is 8.44. The number of hydrogen-bond donors (Lipinski definition) is 0. The molecule has 0 amide bonds. The quantitative estimate of drug-likeness (QED) is 0.795. The molecule has 2 aromatic rings. The molecule has 1 saturated heterocycles. The van der Waals surface area contributed by atoms with Crippen molar-refractivity contribution < 1.29 is 13.2 Å². The van der Waals surface area contributed by atoms with E-state index in [-0.39, 0.29) is 5.02 Å². The van der Waals surface area contributed by atoms with Gasteiger partial charge in [-0.05, 0) is 31.0 Å². The van der Waals surface area contributed by atoms with Crippen molar-refractivity contribution in [1.29, 1.82) is 0 Å². The molecule has 1 fully saturated rings. The Morgan fingerprint density at radius 2 is 1.96 bits per heavy atom. The molecule has 0 bridgehead atoms. The van der Waals surface area contributed by atoms with E-state index < -0.39 is 11.7 Å².